The largest absolute Gasteiger partial charge is 0.352 e. The van der Waals surface area contributed by atoms with Crippen LogP contribution in [0.3, 0.4) is 0 Å². The average Bonchev–Trinajstić information content (AvgIpc) is 3.43. The number of H-pyrrole nitrogens is 1. The fraction of sp³-hybridized carbons (Fsp3) is 0.316. The molecule has 31 heavy (non-hydrogen) atoms. The molecular formula is C19H22N6O4S2. The Balaban J connectivity index is 1.42. The molecule has 4 rings (SSSR count). The van der Waals surface area contributed by atoms with Crippen molar-refractivity contribution in [3.8, 4) is 0 Å². The molecule has 164 valence electrons. The third kappa shape index (κ3) is 4.40. The van der Waals surface area contributed by atoms with Crippen LogP contribution in [-0.2, 0) is 14.8 Å². The zero-order chi connectivity index (χ0) is 22.0. The number of carbonyl (C=O) groups excluding carboxylic acids is 2. The number of aromatic nitrogens is 2. The Morgan fingerprint density at radius 3 is 2.68 bits per heavy atom. The molecule has 3 amide bonds. The highest BCUT2D eigenvalue weighted by Crippen LogP contribution is 2.26. The van der Waals surface area contributed by atoms with Gasteiger partial charge in [-0.2, -0.15) is 4.31 Å². The number of urea groups is 1. The summed E-state index contributed by atoms with van der Waals surface area (Å²) in [6.07, 6.45) is 3.10. The number of rotatable bonds is 6. The third-order valence-corrected chi connectivity index (χ3v) is 8.13. The van der Waals surface area contributed by atoms with Crippen molar-refractivity contribution in [1.82, 2.24) is 24.5 Å². The lowest BCUT2D eigenvalue weighted by atomic mass is 10.1. The van der Waals surface area contributed by atoms with Gasteiger partial charge in [0.05, 0.1) is 12.5 Å². The zero-order valence-electron chi connectivity index (χ0n) is 16.5. The lowest BCUT2D eigenvalue weighted by Gasteiger charge is -2.34. The number of piperazine rings is 1. The second-order valence-electron chi connectivity index (χ2n) is 7.12. The van der Waals surface area contributed by atoms with Gasteiger partial charge in [0.25, 0.3) is 0 Å². The van der Waals surface area contributed by atoms with Crippen LogP contribution in [0, 0.1) is 0 Å². The number of thiophene rings is 1. The fourth-order valence-electron chi connectivity index (χ4n) is 3.65. The lowest BCUT2D eigenvalue weighted by Crippen LogP contribution is -2.51. The molecule has 0 bridgehead atoms. The summed E-state index contributed by atoms with van der Waals surface area (Å²) in [4.78, 5) is 33.8. The van der Waals surface area contributed by atoms with Crippen molar-refractivity contribution in [2.24, 2.45) is 5.73 Å². The Hall–Kier alpha value is -2.96. The molecule has 3 aromatic rings. The van der Waals surface area contributed by atoms with Crippen LogP contribution in [0.5, 0.6) is 0 Å². The molecule has 1 atom stereocenters. The van der Waals surface area contributed by atoms with Crippen LogP contribution in [-0.4, -0.2) is 65.7 Å². The summed E-state index contributed by atoms with van der Waals surface area (Å²) in [6, 6.07) is 5.86. The molecule has 12 heteroatoms. The van der Waals surface area contributed by atoms with Gasteiger partial charge >= 0.3 is 6.03 Å². The molecule has 0 saturated carbocycles. The molecule has 1 fully saturated rings. The van der Waals surface area contributed by atoms with E-state index >= 15 is 0 Å². The van der Waals surface area contributed by atoms with Gasteiger partial charge in [0.2, 0.25) is 15.9 Å². The Labute approximate surface area is 183 Å². The summed E-state index contributed by atoms with van der Waals surface area (Å²) in [5, 5.41) is 5.01. The van der Waals surface area contributed by atoms with E-state index in [1.54, 1.807) is 23.2 Å². The highest BCUT2D eigenvalue weighted by Gasteiger charge is 2.32. The van der Waals surface area contributed by atoms with E-state index in [4.69, 9.17) is 5.73 Å². The first-order valence-corrected chi connectivity index (χ1v) is 12.0. The van der Waals surface area contributed by atoms with Crippen LogP contribution in [0.15, 0.2) is 46.9 Å². The van der Waals surface area contributed by atoms with Gasteiger partial charge in [-0.15, -0.1) is 11.3 Å². The molecule has 0 spiro atoms. The van der Waals surface area contributed by atoms with Crippen molar-refractivity contribution < 1.29 is 18.0 Å². The number of aromatic amines is 1. The number of nitrogens with one attached hydrogen (secondary N) is 2. The SMILES string of the molecule is NC(=O)NC(CC(=O)N1CCN(S(=O)(=O)c2c[nH]c3ncccc23)CC1)c1cccs1. The van der Waals surface area contributed by atoms with E-state index in [0.29, 0.717) is 11.0 Å². The van der Waals surface area contributed by atoms with E-state index in [1.165, 1.54) is 21.8 Å². The number of nitrogens with zero attached hydrogens (tertiary/aromatic N) is 3. The number of hydrogen-bond acceptors (Lipinski definition) is 6. The smallest absolute Gasteiger partial charge is 0.312 e. The number of nitrogens with two attached hydrogens (primary N) is 1. The molecule has 3 aromatic heterocycles. The highest BCUT2D eigenvalue weighted by molar-refractivity contribution is 7.89. The van der Waals surface area contributed by atoms with E-state index < -0.39 is 22.1 Å². The van der Waals surface area contributed by atoms with E-state index in [-0.39, 0.29) is 43.4 Å². The van der Waals surface area contributed by atoms with Gasteiger partial charge in [-0.05, 0) is 23.6 Å². The van der Waals surface area contributed by atoms with Crippen LogP contribution in [0.2, 0.25) is 0 Å². The molecule has 1 aliphatic rings. The van der Waals surface area contributed by atoms with Crippen molar-refractivity contribution in [3.63, 3.8) is 0 Å². The second kappa shape index (κ2) is 8.65. The molecule has 0 aliphatic carbocycles. The third-order valence-electron chi connectivity index (χ3n) is 5.20. The maximum atomic E-state index is 13.1. The summed E-state index contributed by atoms with van der Waals surface area (Å²) in [6.45, 7) is 0.917. The first kappa shape index (κ1) is 21.3. The first-order valence-electron chi connectivity index (χ1n) is 9.65. The normalized spacial score (nSPS) is 16.3. The maximum absolute atomic E-state index is 13.1. The minimum Gasteiger partial charge on any atom is -0.352 e. The van der Waals surface area contributed by atoms with Crippen molar-refractivity contribution in [2.75, 3.05) is 26.2 Å². The lowest BCUT2D eigenvalue weighted by molar-refractivity contribution is -0.132. The molecule has 4 N–H and O–H groups in total. The number of fused-ring (bicyclic) bond motifs is 1. The van der Waals surface area contributed by atoms with Crippen LogP contribution in [0.4, 0.5) is 4.79 Å². The second-order valence-corrected chi connectivity index (χ2v) is 10.0. The average molecular weight is 463 g/mol. The Morgan fingerprint density at radius 2 is 2.00 bits per heavy atom. The minimum absolute atomic E-state index is 0.0598. The predicted molar refractivity (Wildman–Crippen MR) is 116 cm³/mol. The summed E-state index contributed by atoms with van der Waals surface area (Å²) in [5.74, 6) is -0.166. The highest BCUT2D eigenvalue weighted by atomic mass is 32.2. The summed E-state index contributed by atoms with van der Waals surface area (Å²) in [7, 11) is -3.72. The molecule has 4 heterocycles. The molecule has 10 nitrogen and oxygen atoms in total. The van der Waals surface area contributed by atoms with Gasteiger partial charge in [-0.1, -0.05) is 6.07 Å². The van der Waals surface area contributed by atoms with Crippen LogP contribution < -0.4 is 11.1 Å². The van der Waals surface area contributed by atoms with Gasteiger partial charge < -0.3 is 20.9 Å². The van der Waals surface area contributed by atoms with Crippen LogP contribution >= 0.6 is 11.3 Å². The van der Waals surface area contributed by atoms with Crippen LogP contribution in [0.25, 0.3) is 11.0 Å². The standard InChI is InChI=1S/C19H22N6O4S2/c20-19(27)23-14(15-4-2-10-30-15)11-17(26)24-6-8-25(9-7-24)31(28,29)16-12-22-18-13(16)3-1-5-21-18/h1-5,10,12,14H,6-9,11H2,(H,21,22)(H3,20,23,27). The number of pyridine rings is 1. The van der Waals surface area contributed by atoms with E-state index in [1.807, 2.05) is 17.5 Å². The number of sulfonamides is 1. The fourth-order valence-corrected chi connectivity index (χ4v) is 6.00. The van der Waals surface area contributed by atoms with Crippen molar-refractivity contribution in [3.05, 3.63) is 46.9 Å². The number of hydrogen-bond donors (Lipinski definition) is 3. The number of carbonyl (C=O) groups is 2. The van der Waals surface area contributed by atoms with Gasteiger partial charge in [-0.25, -0.2) is 18.2 Å². The van der Waals surface area contributed by atoms with Crippen LogP contribution in [0.1, 0.15) is 17.3 Å². The van der Waals surface area contributed by atoms with E-state index in [0.717, 1.165) is 4.88 Å². The predicted octanol–water partition coefficient (Wildman–Crippen LogP) is 1.26. The molecule has 1 unspecified atom stereocenters. The summed E-state index contributed by atoms with van der Waals surface area (Å²) < 4.78 is 27.6. The Kier molecular flexibility index (Phi) is 5.94. The topological polar surface area (TPSA) is 141 Å². The Bertz CT molecular complexity index is 1180. The minimum atomic E-state index is -3.72. The van der Waals surface area contributed by atoms with Gasteiger partial charge in [0.1, 0.15) is 10.5 Å². The van der Waals surface area contributed by atoms with Crippen molar-refractivity contribution in [2.45, 2.75) is 17.4 Å². The van der Waals surface area contributed by atoms with Crippen molar-refractivity contribution in [1.29, 1.82) is 0 Å². The van der Waals surface area contributed by atoms with Crippen molar-refractivity contribution >= 4 is 44.3 Å². The maximum Gasteiger partial charge on any atom is 0.312 e. The monoisotopic (exact) mass is 462 g/mol. The summed E-state index contributed by atoms with van der Waals surface area (Å²) >= 11 is 1.43. The number of amides is 3. The van der Waals surface area contributed by atoms with Gasteiger partial charge in [0, 0.05) is 48.8 Å². The van der Waals surface area contributed by atoms with Gasteiger partial charge in [-0.3, -0.25) is 4.79 Å². The van der Waals surface area contributed by atoms with E-state index in [2.05, 4.69) is 15.3 Å². The Morgan fingerprint density at radius 1 is 1.23 bits per heavy atom. The van der Waals surface area contributed by atoms with Gasteiger partial charge in [0.15, 0.2) is 0 Å². The molecular weight excluding hydrogens is 440 g/mol. The quantitative estimate of drug-likeness (QED) is 0.506. The first-order chi connectivity index (χ1) is 14.9. The van der Waals surface area contributed by atoms with E-state index in [9.17, 15) is 18.0 Å². The summed E-state index contributed by atoms with van der Waals surface area (Å²) in [5.41, 5.74) is 5.77. The number of primary amides is 1. The molecule has 1 aliphatic heterocycles. The molecule has 1 saturated heterocycles. The molecule has 0 aromatic carbocycles. The zero-order valence-corrected chi connectivity index (χ0v) is 18.2. The molecule has 0 radical (unpaired) electrons.